The molecule has 0 bridgehead atoms. The second kappa shape index (κ2) is 9.84. The van der Waals surface area contributed by atoms with E-state index in [-0.39, 0.29) is 0 Å². The van der Waals surface area contributed by atoms with Crippen LogP contribution in [0.4, 0.5) is 5.69 Å². The molecular formula is C24H26N4O3. The summed E-state index contributed by atoms with van der Waals surface area (Å²) in [5, 5.41) is 13.3. The average molecular weight is 418 g/mol. The molecule has 1 N–H and O–H groups in total. The molecule has 1 aliphatic rings. The van der Waals surface area contributed by atoms with Gasteiger partial charge in [0.2, 0.25) is 5.88 Å². The summed E-state index contributed by atoms with van der Waals surface area (Å²) in [7, 11) is 0. The lowest BCUT2D eigenvalue weighted by Crippen LogP contribution is -2.49. The molecule has 1 aromatic heterocycles. The van der Waals surface area contributed by atoms with E-state index in [1.54, 1.807) is 12.3 Å². The fourth-order valence-corrected chi connectivity index (χ4v) is 3.61. The van der Waals surface area contributed by atoms with Crippen LogP contribution in [0, 0.1) is 0 Å². The first-order valence-electron chi connectivity index (χ1n) is 10.4. The molecule has 0 unspecified atom stereocenters. The lowest BCUT2D eigenvalue weighted by Gasteiger charge is -2.37. The number of benzene rings is 2. The van der Waals surface area contributed by atoms with Gasteiger partial charge in [0.05, 0.1) is 6.61 Å². The smallest absolute Gasteiger partial charge is 0.219 e. The molecule has 0 amide bonds. The highest BCUT2D eigenvalue weighted by Crippen LogP contribution is 2.24. The van der Waals surface area contributed by atoms with Gasteiger partial charge in [-0.25, -0.2) is 4.98 Å². The number of ether oxygens (including phenoxy) is 2. The Kier molecular flexibility index (Phi) is 6.52. The number of oxime groups is 1. The van der Waals surface area contributed by atoms with Crippen molar-refractivity contribution in [3.63, 3.8) is 0 Å². The van der Waals surface area contributed by atoms with Crippen molar-refractivity contribution in [1.82, 2.24) is 9.88 Å². The highest BCUT2D eigenvalue weighted by atomic mass is 16.5. The third-order valence-electron chi connectivity index (χ3n) is 5.15. The van der Waals surface area contributed by atoms with Crippen molar-refractivity contribution in [3.05, 3.63) is 78.5 Å². The maximum Gasteiger partial charge on any atom is 0.219 e. The summed E-state index contributed by atoms with van der Waals surface area (Å²) >= 11 is 0. The van der Waals surface area contributed by atoms with Crippen LogP contribution < -0.4 is 14.4 Å². The summed E-state index contributed by atoms with van der Waals surface area (Å²) in [5.74, 6) is 2.41. The van der Waals surface area contributed by atoms with Crippen molar-refractivity contribution in [2.45, 2.75) is 6.92 Å². The highest BCUT2D eigenvalue weighted by molar-refractivity contribution is 5.98. The molecule has 7 heteroatoms. The van der Waals surface area contributed by atoms with Crippen LogP contribution in [-0.2, 0) is 0 Å². The van der Waals surface area contributed by atoms with E-state index >= 15 is 0 Å². The zero-order chi connectivity index (χ0) is 21.5. The molecule has 1 saturated heterocycles. The first kappa shape index (κ1) is 20.5. The van der Waals surface area contributed by atoms with Crippen LogP contribution in [0.1, 0.15) is 12.5 Å². The number of piperazine rings is 1. The molecule has 2 aromatic carbocycles. The summed E-state index contributed by atoms with van der Waals surface area (Å²) in [6, 6.07) is 21.3. The molecule has 160 valence electrons. The van der Waals surface area contributed by atoms with Crippen LogP contribution in [0.3, 0.4) is 0 Å². The fourth-order valence-electron chi connectivity index (χ4n) is 3.61. The lowest BCUT2D eigenvalue weighted by molar-refractivity contribution is 0.296. The number of anilines is 1. The van der Waals surface area contributed by atoms with E-state index in [0.29, 0.717) is 24.1 Å². The zero-order valence-electron chi connectivity index (χ0n) is 17.5. The summed E-state index contributed by atoms with van der Waals surface area (Å²) in [5.41, 5.74) is 1.96. The monoisotopic (exact) mass is 418 g/mol. The van der Waals surface area contributed by atoms with Gasteiger partial charge in [-0.05, 0) is 49.4 Å². The van der Waals surface area contributed by atoms with Crippen LogP contribution in [0.15, 0.2) is 78.1 Å². The van der Waals surface area contributed by atoms with Gasteiger partial charge in [-0.2, -0.15) is 0 Å². The van der Waals surface area contributed by atoms with E-state index in [0.717, 1.165) is 37.5 Å². The van der Waals surface area contributed by atoms with Crippen LogP contribution in [0.5, 0.6) is 17.4 Å². The quantitative estimate of drug-likeness (QED) is 0.280. The number of para-hydroxylation sites is 1. The maximum atomic E-state index is 9.73. The molecule has 1 fully saturated rings. The minimum absolute atomic E-state index is 0.436. The Morgan fingerprint density at radius 2 is 1.68 bits per heavy atom. The second-order valence-electron chi connectivity index (χ2n) is 7.12. The van der Waals surface area contributed by atoms with Crippen molar-refractivity contribution in [3.8, 4) is 17.4 Å². The molecule has 4 rings (SSSR count). The van der Waals surface area contributed by atoms with Crippen molar-refractivity contribution in [1.29, 1.82) is 0 Å². The number of rotatable bonds is 6. The van der Waals surface area contributed by atoms with E-state index in [1.165, 1.54) is 5.69 Å². The van der Waals surface area contributed by atoms with Crippen molar-refractivity contribution >= 4 is 11.5 Å². The van der Waals surface area contributed by atoms with Crippen molar-refractivity contribution in [2.75, 3.05) is 37.7 Å². The van der Waals surface area contributed by atoms with E-state index in [9.17, 15) is 5.21 Å². The molecule has 3 aromatic rings. The molecule has 0 radical (unpaired) electrons. The van der Waals surface area contributed by atoms with Gasteiger partial charge in [-0.1, -0.05) is 23.4 Å². The third kappa shape index (κ3) is 5.06. The SMILES string of the molecule is CCOc1ccc(Oc2cc(/C(=N/O)N3CCN(c4ccccc4)CC3)ccn2)cc1. The van der Waals surface area contributed by atoms with Crippen LogP contribution in [0.2, 0.25) is 0 Å². The van der Waals surface area contributed by atoms with Gasteiger partial charge in [0, 0.05) is 49.7 Å². The maximum absolute atomic E-state index is 9.73. The fraction of sp³-hybridized carbons (Fsp3) is 0.250. The minimum atomic E-state index is 0.436. The van der Waals surface area contributed by atoms with E-state index in [1.807, 2.05) is 55.5 Å². The van der Waals surface area contributed by atoms with Gasteiger partial charge in [0.25, 0.3) is 0 Å². The molecule has 0 aliphatic carbocycles. The predicted octanol–water partition coefficient (Wildman–Crippen LogP) is 4.23. The molecule has 2 heterocycles. The summed E-state index contributed by atoms with van der Waals surface area (Å²) < 4.78 is 11.3. The van der Waals surface area contributed by atoms with Gasteiger partial charge in [0.15, 0.2) is 5.84 Å². The van der Waals surface area contributed by atoms with Crippen LogP contribution in [0.25, 0.3) is 0 Å². The molecule has 31 heavy (non-hydrogen) atoms. The van der Waals surface area contributed by atoms with E-state index in [2.05, 4.69) is 32.1 Å². The molecular weight excluding hydrogens is 392 g/mol. The van der Waals surface area contributed by atoms with Gasteiger partial charge >= 0.3 is 0 Å². The minimum Gasteiger partial charge on any atom is -0.494 e. The second-order valence-corrected chi connectivity index (χ2v) is 7.12. The first-order chi connectivity index (χ1) is 15.3. The summed E-state index contributed by atoms with van der Waals surface area (Å²) in [6.45, 7) is 5.78. The number of hydrogen-bond donors (Lipinski definition) is 1. The lowest BCUT2D eigenvalue weighted by atomic mass is 10.2. The van der Waals surface area contributed by atoms with Gasteiger partial charge < -0.3 is 24.5 Å². The Morgan fingerprint density at radius 1 is 0.968 bits per heavy atom. The van der Waals surface area contributed by atoms with Crippen molar-refractivity contribution in [2.24, 2.45) is 5.16 Å². The van der Waals surface area contributed by atoms with E-state index < -0.39 is 0 Å². The van der Waals surface area contributed by atoms with Crippen molar-refractivity contribution < 1.29 is 14.7 Å². The molecule has 0 atom stereocenters. The molecule has 0 saturated carbocycles. The van der Waals surface area contributed by atoms with Gasteiger partial charge in [0.1, 0.15) is 11.5 Å². The summed E-state index contributed by atoms with van der Waals surface area (Å²) in [4.78, 5) is 8.70. The van der Waals surface area contributed by atoms with Gasteiger partial charge in [-0.3, -0.25) is 0 Å². The van der Waals surface area contributed by atoms with E-state index in [4.69, 9.17) is 9.47 Å². The highest BCUT2D eigenvalue weighted by Gasteiger charge is 2.22. The Balaban J connectivity index is 1.42. The number of hydrogen-bond acceptors (Lipinski definition) is 6. The zero-order valence-corrected chi connectivity index (χ0v) is 17.5. The molecule has 1 aliphatic heterocycles. The number of pyridine rings is 1. The number of aromatic nitrogens is 1. The number of nitrogens with zero attached hydrogens (tertiary/aromatic N) is 4. The third-order valence-corrected chi connectivity index (χ3v) is 5.15. The summed E-state index contributed by atoms with van der Waals surface area (Å²) in [6.07, 6.45) is 1.66. The average Bonchev–Trinajstić information content (AvgIpc) is 2.82. The largest absolute Gasteiger partial charge is 0.494 e. The van der Waals surface area contributed by atoms with Crippen LogP contribution in [-0.4, -0.2) is 53.7 Å². The van der Waals surface area contributed by atoms with Gasteiger partial charge in [-0.15, -0.1) is 0 Å². The Labute approximate surface area is 182 Å². The standard InChI is InChI=1S/C24H26N4O3/c1-2-30-21-8-10-22(11-9-21)31-23-18-19(12-13-25-23)24(26-29)28-16-14-27(15-17-28)20-6-4-3-5-7-20/h3-13,18,29H,2,14-17H2,1H3/b26-24-. The topological polar surface area (TPSA) is 70.4 Å². The molecule has 7 nitrogen and oxygen atoms in total. The number of amidine groups is 1. The Morgan fingerprint density at radius 3 is 2.35 bits per heavy atom. The Hall–Kier alpha value is -3.74. The predicted molar refractivity (Wildman–Crippen MR) is 120 cm³/mol. The molecule has 0 spiro atoms. The normalized spacial score (nSPS) is 14.4. The Bertz CT molecular complexity index is 1000. The van der Waals surface area contributed by atoms with Crippen LogP contribution >= 0.6 is 0 Å². The first-order valence-corrected chi connectivity index (χ1v) is 10.4.